The Bertz CT molecular complexity index is 1280. The van der Waals surface area contributed by atoms with Crippen molar-refractivity contribution in [3.63, 3.8) is 0 Å². The van der Waals surface area contributed by atoms with E-state index in [-0.39, 0.29) is 16.3 Å². The molecule has 3 aromatic carbocycles. The van der Waals surface area contributed by atoms with Crippen molar-refractivity contribution in [3.05, 3.63) is 94.3 Å². The van der Waals surface area contributed by atoms with E-state index in [1.165, 1.54) is 54.6 Å². The van der Waals surface area contributed by atoms with E-state index in [0.717, 1.165) is 12.1 Å². The van der Waals surface area contributed by atoms with E-state index in [4.69, 9.17) is 34.8 Å². The van der Waals surface area contributed by atoms with Crippen molar-refractivity contribution in [3.8, 4) is 0 Å². The average molecular weight is 546 g/mol. The van der Waals surface area contributed by atoms with Gasteiger partial charge in [-0.1, -0.05) is 23.7 Å². The Labute approximate surface area is 212 Å². The quantitative estimate of drug-likeness (QED) is 0.262. The largest absolute Gasteiger partial charge is 0.416 e. The van der Waals surface area contributed by atoms with Crippen molar-refractivity contribution in [2.45, 2.75) is 16.4 Å². The number of anilines is 2. The third-order valence-electron chi connectivity index (χ3n) is 5.51. The molecular formula is C24H15Cl3F4N2O2. The molecule has 0 spiro atoms. The topological polar surface area (TPSA) is 58.2 Å². The summed E-state index contributed by atoms with van der Waals surface area (Å²) in [5.74, 6) is -3.28. The van der Waals surface area contributed by atoms with Gasteiger partial charge >= 0.3 is 6.18 Å². The number of nitrogens with one attached hydrogen (secondary N) is 2. The lowest BCUT2D eigenvalue weighted by Gasteiger charge is -2.10. The molecule has 0 radical (unpaired) electrons. The molecule has 4 nitrogen and oxygen atoms in total. The average Bonchev–Trinajstić information content (AvgIpc) is 3.38. The Kier molecular flexibility index (Phi) is 6.74. The molecule has 182 valence electrons. The van der Waals surface area contributed by atoms with Crippen molar-refractivity contribution in [2.75, 3.05) is 10.6 Å². The lowest BCUT2D eigenvalue weighted by molar-refractivity contribution is -0.137. The second-order valence-electron chi connectivity index (χ2n) is 7.89. The Balaban J connectivity index is 1.48. The minimum Gasteiger partial charge on any atom is -0.326 e. The highest BCUT2D eigenvalue weighted by molar-refractivity contribution is 6.53. The summed E-state index contributed by atoms with van der Waals surface area (Å²) >= 11 is 18.7. The summed E-state index contributed by atoms with van der Waals surface area (Å²) in [7, 11) is 0. The van der Waals surface area contributed by atoms with Crippen LogP contribution < -0.4 is 10.6 Å². The maximum atomic E-state index is 13.1. The molecule has 2 N–H and O–H groups in total. The Hall–Kier alpha value is -2.81. The van der Waals surface area contributed by atoms with Gasteiger partial charge in [0.1, 0.15) is 10.2 Å². The van der Waals surface area contributed by atoms with Gasteiger partial charge in [0.25, 0.3) is 5.91 Å². The van der Waals surface area contributed by atoms with Crippen molar-refractivity contribution >= 4 is 58.0 Å². The van der Waals surface area contributed by atoms with Crippen LogP contribution in [-0.4, -0.2) is 16.1 Å². The number of carbonyl (C=O) groups excluding carboxylic acids is 2. The predicted octanol–water partition coefficient (Wildman–Crippen LogP) is 7.28. The number of amides is 2. The molecule has 0 aromatic heterocycles. The Morgan fingerprint density at radius 1 is 0.857 bits per heavy atom. The van der Waals surface area contributed by atoms with Crippen molar-refractivity contribution in [1.82, 2.24) is 0 Å². The second kappa shape index (κ2) is 9.33. The zero-order valence-electron chi connectivity index (χ0n) is 17.5. The highest BCUT2D eigenvalue weighted by Crippen LogP contribution is 2.65. The first-order valence-electron chi connectivity index (χ1n) is 10.1. The van der Waals surface area contributed by atoms with E-state index in [1.807, 2.05) is 0 Å². The van der Waals surface area contributed by atoms with Crippen LogP contribution in [0, 0.1) is 11.7 Å². The molecule has 4 rings (SSSR count). The van der Waals surface area contributed by atoms with Crippen LogP contribution in [0.1, 0.15) is 27.4 Å². The number of carbonyl (C=O) groups is 2. The predicted molar refractivity (Wildman–Crippen MR) is 127 cm³/mol. The van der Waals surface area contributed by atoms with E-state index in [2.05, 4.69) is 10.6 Å². The standard InChI is InChI=1S/C24H15Cl3F4N2O2/c25-18-10-9-16(11-17(18)21(34)32-15-7-5-14(28)6-8-15)33-22(35)20-19(23(20,26)27)12-1-3-13(4-2-12)24(29,30)31/h1-11,19-20H,(H,32,34)(H,33,35). The van der Waals surface area contributed by atoms with Gasteiger partial charge in [-0.05, 0) is 60.2 Å². The first-order chi connectivity index (χ1) is 16.4. The van der Waals surface area contributed by atoms with Gasteiger partial charge in [-0.2, -0.15) is 13.2 Å². The molecular weight excluding hydrogens is 531 g/mol. The number of rotatable bonds is 5. The van der Waals surface area contributed by atoms with Crippen LogP contribution in [0.2, 0.25) is 5.02 Å². The van der Waals surface area contributed by atoms with Crippen molar-refractivity contribution in [2.24, 2.45) is 5.92 Å². The zero-order chi connectivity index (χ0) is 25.5. The zero-order valence-corrected chi connectivity index (χ0v) is 19.7. The van der Waals surface area contributed by atoms with E-state index >= 15 is 0 Å². The van der Waals surface area contributed by atoms with E-state index in [9.17, 15) is 27.2 Å². The van der Waals surface area contributed by atoms with Crippen LogP contribution in [-0.2, 0) is 11.0 Å². The van der Waals surface area contributed by atoms with Crippen LogP contribution in [0.15, 0.2) is 66.7 Å². The summed E-state index contributed by atoms with van der Waals surface area (Å²) in [5, 5.41) is 5.30. The molecule has 1 fully saturated rings. The summed E-state index contributed by atoms with van der Waals surface area (Å²) in [6, 6.07) is 13.6. The fourth-order valence-electron chi connectivity index (χ4n) is 3.68. The molecule has 0 heterocycles. The first kappa shape index (κ1) is 25.3. The summed E-state index contributed by atoms with van der Waals surface area (Å²) in [6.07, 6.45) is -4.49. The monoisotopic (exact) mass is 544 g/mol. The number of hydrogen-bond donors (Lipinski definition) is 2. The molecule has 35 heavy (non-hydrogen) atoms. The third-order valence-corrected chi connectivity index (χ3v) is 6.78. The molecule has 3 aromatic rings. The maximum absolute atomic E-state index is 13.1. The van der Waals surface area contributed by atoms with Gasteiger partial charge in [-0.15, -0.1) is 23.2 Å². The maximum Gasteiger partial charge on any atom is 0.416 e. The van der Waals surface area contributed by atoms with Crippen molar-refractivity contribution < 1.29 is 27.2 Å². The molecule has 0 saturated heterocycles. The fourth-order valence-corrected chi connectivity index (χ4v) is 4.71. The third kappa shape index (κ3) is 5.39. The molecule has 1 aliphatic rings. The lowest BCUT2D eigenvalue weighted by Crippen LogP contribution is -2.18. The Morgan fingerprint density at radius 2 is 1.46 bits per heavy atom. The van der Waals surface area contributed by atoms with E-state index in [1.54, 1.807) is 0 Å². The van der Waals surface area contributed by atoms with Gasteiger partial charge in [0, 0.05) is 17.3 Å². The molecule has 0 aliphatic heterocycles. The van der Waals surface area contributed by atoms with Crippen LogP contribution in [0.5, 0.6) is 0 Å². The van der Waals surface area contributed by atoms with Crippen LogP contribution >= 0.6 is 34.8 Å². The molecule has 2 amide bonds. The molecule has 1 aliphatic carbocycles. The molecule has 2 atom stereocenters. The van der Waals surface area contributed by atoms with E-state index in [0.29, 0.717) is 11.3 Å². The molecule has 0 bridgehead atoms. The summed E-state index contributed by atoms with van der Waals surface area (Å²) in [5.41, 5.74) is 0.176. The van der Waals surface area contributed by atoms with Crippen LogP contribution in [0.25, 0.3) is 0 Å². The summed E-state index contributed by atoms with van der Waals surface area (Å²) < 4.78 is 50.0. The van der Waals surface area contributed by atoms with E-state index < -0.39 is 45.5 Å². The molecule has 11 heteroatoms. The number of hydrogen-bond acceptors (Lipinski definition) is 2. The second-order valence-corrected chi connectivity index (χ2v) is 9.75. The van der Waals surface area contributed by atoms with Gasteiger partial charge in [-0.25, -0.2) is 4.39 Å². The van der Waals surface area contributed by atoms with Crippen molar-refractivity contribution in [1.29, 1.82) is 0 Å². The van der Waals surface area contributed by atoms with Gasteiger partial charge in [0.2, 0.25) is 5.91 Å². The van der Waals surface area contributed by atoms with Gasteiger partial charge < -0.3 is 10.6 Å². The summed E-state index contributed by atoms with van der Waals surface area (Å²) in [4.78, 5) is 25.5. The molecule has 1 saturated carbocycles. The SMILES string of the molecule is O=C(Nc1ccc(F)cc1)c1cc(NC(=O)C2C(c3ccc(C(F)(F)F)cc3)C2(Cl)Cl)ccc1Cl. The summed E-state index contributed by atoms with van der Waals surface area (Å²) in [6.45, 7) is 0. The Morgan fingerprint density at radius 3 is 2.06 bits per heavy atom. The van der Waals surface area contributed by atoms with Gasteiger partial charge in [-0.3, -0.25) is 9.59 Å². The molecule has 2 unspecified atom stereocenters. The van der Waals surface area contributed by atoms with Crippen LogP contribution in [0.3, 0.4) is 0 Å². The highest BCUT2D eigenvalue weighted by atomic mass is 35.5. The van der Waals surface area contributed by atoms with Crippen LogP contribution in [0.4, 0.5) is 28.9 Å². The lowest BCUT2D eigenvalue weighted by atomic mass is 10.1. The van der Waals surface area contributed by atoms with Gasteiger partial charge in [0.15, 0.2) is 0 Å². The smallest absolute Gasteiger partial charge is 0.326 e. The highest BCUT2D eigenvalue weighted by Gasteiger charge is 2.67. The number of benzene rings is 3. The minimum atomic E-state index is -4.49. The normalized spacial score (nSPS) is 18.6. The first-order valence-corrected chi connectivity index (χ1v) is 11.2. The minimum absolute atomic E-state index is 0.0480. The van der Waals surface area contributed by atoms with Gasteiger partial charge in [0.05, 0.1) is 22.1 Å². The number of alkyl halides is 5. The fraction of sp³-hybridized carbons (Fsp3) is 0.167. The number of halogens is 7.